The smallest absolute Gasteiger partial charge is 0.234 e. The highest BCUT2D eigenvalue weighted by Crippen LogP contribution is 1.98. The maximum absolute atomic E-state index is 11.5. The number of likely N-dealkylation sites (N-methyl/N-ethyl adjacent to an activating group) is 1. The highest BCUT2D eigenvalue weighted by Gasteiger charge is 2.07. The molecule has 0 bridgehead atoms. The zero-order valence-electron chi connectivity index (χ0n) is 10.8. The summed E-state index contributed by atoms with van der Waals surface area (Å²) in [4.78, 5) is 17.5. The van der Waals surface area contributed by atoms with E-state index in [0.717, 1.165) is 13.0 Å². The van der Waals surface area contributed by atoms with Crippen LogP contribution in [0.25, 0.3) is 0 Å². The van der Waals surface area contributed by atoms with E-state index in [-0.39, 0.29) is 11.9 Å². The van der Waals surface area contributed by atoms with Gasteiger partial charge in [0, 0.05) is 25.0 Å². The standard InChI is InChI=1S/C13H21N3O/c1-11(2)15-13(17)10-16(3)9-6-12-4-7-14-8-5-12/h4-5,7-8,11H,6,9-10H2,1-3H3,(H,15,17). The fraction of sp³-hybridized carbons (Fsp3) is 0.538. The second-order valence-corrected chi connectivity index (χ2v) is 4.57. The van der Waals surface area contributed by atoms with Crippen LogP contribution in [-0.2, 0) is 11.2 Å². The molecule has 1 amide bonds. The second-order valence-electron chi connectivity index (χ2n) is 4.57. The molecule has 0 aromatic carbocycles. The molecule has 0 aliphatic rings. The average Bonchev–Trinajstić information content (AvgIpc) is 2.26. The Morgan fingerprint density at radius 1 is 1.41 bits per heavy atom. The summed E-state index contributed by atoms with van der Waals surface area (Å²) in [5.41, 5.74) is 1.25. The van der Waals surface area contributed by atoms with Crippen molar-refractivity contribution in [3.05, 3.63) is 30.1 Å². The van der Waals surface area contributed by atoms with Crippen molar-refractivity contribution in [2.45, 2.75) is 26.3 Å². The van der Waals surface area contributed by atoms with Crippen LogP contribution in [0.3, 0.4) is 0 Å². The van der Waals surface area contributed by atoms with Gasteiger partial charge in [0.2, 0.25) is 5.91 Å². The molecule has 0 aliphatic heterocycles. The first-order valence-electron chi connectivity index (χ1n) is 5.94. The number of carbonyl (C=O) groups is 1. The highest BCUT2D eigenvalue weighted by atomic mass is 16.2. The van der Waals surface area contributed by atoms with Crippen molar-refractivity contribution in [3.63, 3.8) is 0 Å². The van der Waals surface area contributed by atoms with Crippen molar-refractivity contribution < 1.29 is 4.79 Å². The summed E-state index contributed by atoms with van der Waals surface area (Å²) in [6.07, 6.45) is 4.52. The van der Waals surface area contributed by atoms with E-state index in [0.29, 0.717) is 6.54 Å². The van der Waals surface area contributed by atoms with Gasteiger partial charge < -0.3 is 5.32 Å². The van der Waals surface area contributed by atoms with Crippen molar-refractivity contribution in [2.24, 2.45) is 0 Å². The molecule has 1 aromatic rings. The Morgan fingerprint density at radius 3 is 2.65 bits per heavy atom. The van der Waals surface area contributed by atoms with E-state index in [2.05, 4.69) is 10.3 Å². The Kier molecular flexibility index (Phi) is 5.63. The van der Waals surface area contributed by atoms with Gasteiger partial charge in [-0.15, -0.1) is 0 Å². The first-order chi connectivity index (χ1) is 8.08. The van der Waals surface area contributed by atoms with Gasteiger partial charge in [-0.2, -0.15) is 0 Å². The summed E-state index contributed by atoms with van der Waals surface area (Å²) >= 11 is 0. The van der Waals surface area contributed by atoms with Gasteiger partial charge in [-0.1, -0.05) is 0 Å². The molecule has 1 rings (SSSR count). The zero-order chi connectivity index (χ0) is 12.7. The number of hydrogen-bond acceptors (Lipinski definition) is 3. The lowest BCUT2D eigenvalue weighted by Gasteiger charge is -2.17. The lowest BCUT2D eigenvalue weighted by molar-refractivity contribution is -0.122. The lowest BCUT2D eigenvalue weighted by Crippen LogP contribution is -2.39. The zero-order valence-corrected chi connectivity index (χ0v) is 10.8. The topological polar surface area (TPSA) is 45.2 Å². The lowest BCUT2D eigenvalue weighted by atomic mass is 10.2. The van der Waals surface area contributed by atoms with Crippen LogP contribution in [0.1, 0.15) is 19.4 Å². The number of carbonyl (C=O) groups excluding carboxylic acids is 1. The summed E-state index contributed by atoms with van der Waals surface area (Å²) < 4.78 is 0. The summed E-state index contributed by atoms with van der Waals surface area (Å²) in [5.74, 6) is 0.0808. The minimum absolute atomic E-state index is 0.0808. The molecule has 17 heavy (non-hydrogen) atoms. The molecule has 0 spiro atoms. The van der Waals surface area contributed by atoms with Crippen LogP contribution in [0.5, 0.6) is 0 Å². The number of nitrogens with one attached hydrogen (secondary N) is 1. The molecule has 1 heterocycles. The van der Waals surface area contributed by atoms with Gasteiger partial charge in [0.25, 0.3) is 0 Å². The summed E-state index contributed by atoms with van der Waals surface area (Å²) in [6, 6.07) is 4.21. The number of hydrogen-bond donors (Lipinski definition) is 1. The Hall–Kier alpha value is -1.42. The fourth-order valence-electron chi connectivity index (χ4n) is 1.56. The molecule has 0 saturated heterocycles. The second kappa shape index (κ2) is 7.01. The summed E-state index contributed by atoms with van der Waals surface area (Å²) in [5, 5.41) is 2.88. The van der Waals surface area contributed by atoms with Crippen LogP contribution in [-0.4, -0.2) is 42.0 Å². The van der Waals surface area contributed by atoms with E-state index >= 15 is 0 Å². The Morgan fingerprint density at radius 2 is 2.06 bits per heavy atom. The van der Waals surface area contributed by atoms with Gasteiger partial charge in [0.1, 0.15) is 0 Å². The maximum Gasteiger partial charge on any atom is 0.234 e. The van der Waals surface area contributed by atoms with Gasteiger partial charge in [0.15, 0.2) is 0 Å². The molecule has 0 atom stereocenters. The fourth-order valence-corrected chi connectivity index (χ4v) is 1.56. The predicted octanol–water partition coefficient (Wildman–Crippen LogP) is 1.08. The van der Waals surface area contributed by atoms with Gasteiger partial charge >= 0.3 is 0 Å². The molecule has 0 aliphatic carbocycles. The van der Waals surface area contributed by atoms with Crippen LogP contribution in [0, 0.1) is 0 Å². The van der Waals surface area contributed by atoms with Gasteiger partial charge in [0.05, 0.1) is 6.54 Å². The first-order valence-corrected chi connectivity index (χ1v) is 5.94. The molecule has 0 saturated carbocycles. The van der Waals surface area contributed by atoms with E-state index in [1.54, 1.807) is 12.4 Å². The van der Waals surface area contributed by atoms with E-state index in [4.69, 9.17) is 0 Å². The normalized spacial score (nSPS) is 10.9. The SMILES string of the molecule is CC(C)NC(=O)CN(C)CCc1ccncc1. The summed E-state index contributed by atoms with van der Waals surface area (Å²) in [7, 11) is 1.96. The first kappa shape index (κ1) is 13.6. The molecule has 94 valence electrons. The molecular weight excluding hydrogens is 214 g/mol. The van der Waals surface area contributed by atoms with Crippen LogP contribution in [0.4, 0.5) is 0 Å². The molecule has 0 unspecified atom stereocenters. The van der Waals surface area contributed by atoms with E-state index in [9.17, 15) is 4.79 Å². The molecule has 0 radical (unpaired) electrons. The monoisotopic (exact) mass is 235 g/mol. The third kappa shape index (κ3) is 6.02. The van der Waals surface area contributed by atoms with Gasteiger partial charge in [-0.25, -0.2) is 0 Å². The Bertz CT molecular complexity index is 338. The van der Waals surface area contributed by atoms with Gasteiger partial charge in [-0.05, 0) is 45.0 Å². The number of pyridine rings is 1. The minimum Gasteiger partial charge on any atom is -0.353 e. The Labute approximate surface area is 103 Å². The molecule has 0 fully saturated rings. The molecule has 4 heteroatoms. The number of nitrogens with zero attached hydrogens (tertiary/aromatic N) is 2. The van der Waals surface area contributed by atoms with Crippen molar-refractivity contribution in [1.29, 1.82) is 0 Å². The van der Waals surface area contributed by atoms with Crippen molar-refractivity contribution in [1.82, 2.24) is 15.2 Å². The largest absolute Gasteiger partial charge is 0.353 e. The van der Waals surface area contributed by atoms with Crippen LogP contribution < -0.4 is 5.32 Å². The number of amides is 1. The third-order valence-corrected chi connectivity index (χ3v) is 2.39. The average molecular weight is 235 g/mol. The molecular formula is C13H21N3O. The van der Waals surface area contributed by atoms with E-state index < -0.39 is 0 Å². The maximum atomic E-state index is 11.5. The quantitative estimate of drug-likeness (QED) is 0.802. The highest BCUT2D eigenvalue weighted by molar-refractivity contribution is 5.78. The van der Waals surface area contributed by atoms with Crippen LogP contribution in [0.15, 0.2) is 24.5 Å². The van der Waals surface area contributed by atoms with Crippen molar-refractivity contribution in [3.8, 4) is 0 Å². The number of aromatic nitrogens is 1. The molecule has 4 nitrogen and oxygen atoms in total. The third-order valence-electron chi connectivity index (χ3n) is 2.39. The van der Waals surface area contributed by atoms with E-state index in [1.165, 1.54) is 5.56 Å². The van der Waals surface area contributed by atoms with E-state index in [1.807, 2.05) is 37.9 Å². The Balaban J connectivity index is 2.26. The van der Waals surface area contributed by atoms with Crippen LogP contribution >= 0.6 is 0 Å². The van der Waals surface area contributed by atoms with Crippen molar-refractivity contribution in [2.75, 3.05) is 20.1 Å². The van der Waals surface area contributed by atoms with Crippen LogP contribution in [0.2, 0.25) is 0 Å². The van der Waals surface area contributed by atoms with Crippen molar-refractivity contribution >= 4 is 5.91 Å². The molecule has 1 N–H and O–H groups in total. The molecule has 1 aromatic heterocycles. The number of rotatable bonds is 6. The van der Waals surface area contributed by atoms with Gasteiger partial charge in [-0.3, -0.25) is 14.7 Å². The minimum atomic E-state index is 0.0808. The predicted molar refractivity (Wildman–Crippen MR) is 68.7 cm³/mol. The summed E-state index contributed by atoms with van der Waals surface area (Å²) in [6.45, 7) is 5.25.